The number of fused-ring (bicyclic) bond motifs is 9. The molecule has 4 aliphatic rings. The molecule has 0 amide bonds. The number of allylic oxidation sites excluding steroid dienone is 2. The zero-order valence-electron chi connectivity index (χ0n) is 49.2. The van der Waals surface area contributed by atoms with E-state index in [0.717, 1.165) is 57.6 Å². The highest BCUT2D eigenvalue weighted by Gasteiger charge is 2.41. The van der Waals surface area contributed by atoms with Gasteiger partial charge in [0.15, 0.2) is 0 Å². The van der Waals surface area contributed by atoms with Gasteiger partial charge in [0.2, 0.25) is 0 Å². The fraction of sp³-hybridized carbons (Fsp3) is 0.136. The molecule has 0 bridgehead atoms. The summed E-state index contributed by atoms with van der Waals surface area (Å²) in [6, 6.07) is 97.2. The van der Waals surface area contributed by atoms with Gasteiger partial charge in [-0.1, -0.05) is 193 Å². The van der Waals surface area contributed by atoms with E-state index in [1.165, 1.54) is 78.1 Å². The molecule has 11 aromatic rings. The van der Waals surface area contributed by atoms with Crippen LogP contribution < -0.4 is 19.6 Å². The highest BCUT2D eigenvalue weighted by molar-refractivity contribution is 5.93. The van der Waals surface area contributed by atoms with E-state index in [-0.39, 0.29) is 22.3 Å². The zero-order valence-corrected chi connectivity index (χ0v) is 49.2. The first kappa shape index (κ1) is 51.9. The van der Waals surface area contributed by atoms with Gasteiger partial charge in [-0.05, 0) is 207 Å². The predicted octanol–water partition coefficient (Wildman–Crippen LogP) is 22.0. The molecule has 0 N–H and O–H groups in total. The minimum atomic E-state index is -0.301. The number of para-hydroxylation sites is 5. The van der Waals surface area contributed by atoms with Crippen LogP contribution in [0.15, 0.2) is 285 Å². The second kappa shape index (κ2) is 20.2. The first-order valence-corrected chi connectivity index (χ1v) is 30.1. The van der Waals surface area contributed by atoms with Crippen LogP contribution in [0.4, 0.5) is 62.6 Å². The average Bonchev–Trinajstić information content (AvgIpc) is 1.76. The Bertz CT molecular complexity index is 4150. The molecule has 4 aliphatic carbocycles. The van der Waals surface area contributed by atoms with E-state index >= 15 is 0 Å². The summed E-state index contributed by atoms with van der Waals surface area (Å²) in [5, 5.41) is 0. The summed E-state index contributed by atoms with van der Waals surface area (Å²) in [4.78, 5) is 9.81. The van der Waals surface area contributed by atoms with Gasteiger partial charge in [0, 0.05) is 78.8 Å². The molecule has 0 spiro atoms. The first-order valence-electron chi connectivity index (χ1n) is 30.1. The molecule has 0 fully saturated rings. The van der Waals surface area contributed by atoms with Crippen LogP contribution in [0.25, 0.3) is 33.4 Å². The second-order valence-corrected chi connectivity index (χ2v) is 24.9. The normalized spacial score (nSPS) is 15.7. The number of benzene rings is 11. The van der Waals surface area contributed by atoms with Crippen LogP contribution in [0.5, 0.6) is 0 Å². The molecule has 1 atom stereocenters. The van der Waals surface area contributed by atoms with Crippen molar-refractivity contribution in [2.45, 2.75) is 70.3 Å². The fourth-order valence-electron chi connectivity index (χ4n) is 14.5. The Balaban J connectivity index is 0.852. The lowest BCUT2D eigenvalue weighted by molar-refractivity contribution is 0.659. The Morgan fingerprint density at radius 3 is 0.776 bits per heavy atom. The molecule has 11 aromatic carbocycles. The van der Waals surface area contributed by atoms with Crippen LogP contribution in [0.3, 0.4) is 0 Å². The van der Waals surface area contributed by atoms with Crippen molar-refractivity contribution in [2.24, 2.45) is 0 Å². The molecule has 4 nitrogen and oxygen atoms in total. The summed E-state index contributed by atoms with van der Waals surface area (Å²) in [7, 11) is 0. The first-order chi connectivity index (χ1) is 41.4. The molecule has 0 aliphatic heterocycles. The molecule has 0 saturated heterocycles. The van der Waals surface area contributed by atoms with Gasteiger partial charge in [0.25, 0.3) is 0 Å². The zero-order chi connectivity index (χ0) is 57.6. The summed E-state index contributed by atoms with van der Waals surface area (Å²) in [6.45, 7) is 14.5. The Morgan fingerprint density at radius 1 is 0.259 bits per heavy atom. The van der Waals surface area contributed by atoms with Gasteiger partial charge in [-0.2, -0.15) is 0 Å². The van der Waals surface area contributed by atoms with Gasteiger partial charge in [-0.25, -0.2) is 0 Å². The fourth-order valence-corrected chi connectivity index (χ4v) is 14.5. The van der Waals surface area contributed by atoms with Crippen molar-refractivity contribution in [2.75, 3.05) is 19.6 Å². The van der Waals surface area contributed by atoms with Crippen molar-refractivity contribution in [3.8, 4) is 33.4 Å². The second-order valence-electron chi connectivity index (χ2n) is 24.9. The standard InChI is InChI=1S/C81H68N4/c1-79(2)73-49-61(82(55-25-13-7-14-26-55)56-27-15-8-16-28-56)37-43-67(73)70-46-40-64(52-76(70)79)85(65-41-47-71-68-44-38-62(50-74(68)80(3,4)77(71)53-65)83(57-29-17-9-18-30-57)58-31-19-10-20-32-58)66-42-48-72-69-45-39-63(51-75(69)81(5,6)78(72)54-66)84(59-33-21-11-22-34-59)60-35-23-12-24-36-60/h7-35,37-54,60H,36H2,1-6H3. The SMILES string of the molecule is CC1(C)c2cc(N(c3ccccc3)c3ccccc3)ccc2-c2ccc(N(c3ccc4c(c3)C(C)(C)c3cc(N(c5ccccc5)c5ccccc5)ccc3-4)c3ccc4c(c3)C(C)(C)c3cc(N(c5ccccc5)C5C=CC=CC5)ccc3-4)cc21. The molecule has 412 valence electrons. The minimum Gasteiger partial charge on any atom is -0.334 e. The summed E-state index contributed by atoms with van der Waals surface area (Å²) in [5.41, 5.74) is 27.5. The van der Waals surface area contributed by atoms with Crippen LogP contribution in [0.2, 0.25) is 0 Å². The van der Waals surface area contributed by atoms with Crippen LogP contribution in [-0.2, 0) is 16.2 Å². The molecule has 0 radical (unpaired) electrons. The summed E-state index contributed by atoms with van der Waals surface area (Å²) in [6.07, 6.45) is 9.93. The van der Waals surface area contributed by atoms with E-state index < -0.39 is 0 Å². The van der Waals surface area contributed by atoms with E-state index in [1.54, 1.807) is 0 Å². The molecular formula is C81H68N4. The lowest BCUT2D eigenvalue weighted by Crippen LogP contribution is -2.30. The number of anilines is 11. The molecular weight excluding hydrogens is 1030 g/mol. The van der Waals surface area contributed by atoms with E-state index in [9.17, 15) is 0 Å². The average molecular weight is 1100 g/mol. The lowest BCUT2D eigenvalue weighted by Gasteiger charge is -2.33. The lowest BCUT2D eigenvalue weighted by atomic mass is 9.81. The van der Waals surface area contributed by atoms with Crippen LogP contribution in [-0.4, -0.2) is 6.04 Å². The highest BCUT2D eigenvalue weighted by atomic mass is 15.2. The molecule has 85 heavy (non-hydrogen) atoms. The Labute approximate surface area is 501 Å². The topological polar surface area (TPSA) is 13.0 Å². The van der Waals surface area contributed by atoms with Gasteiger partial charge in [-0.3, -0.25) is 0 Å². The van der Waals surface area contributed by atoms with Gasteiger partial charge in [0.1, 0.15) is 0 Å². The summed E-state index contributed by atoms with van der Waals surface area (Å²) >= 11 is 0. The third-order valence-corrected chi connectivity index (χ3v) is 18.9. The Morgan fingerprint density at radius 2 is 0.506 bits per heavy atom. The Kier molecular flexibility index (Phi) is 12.3. The molecule has 0 heterocycles. The van der Waals surface area contributed by atoms with Crippen molar-refractivity contribution in [3.05, 3.63) is 319 Å². The third-order valence-electron chi connectivity index (χ3n) is 18.9. The maximum atomic E-state index is 2.54. The smallest absolute Gasteiger partial charge is 0.0559 e. The molecule has 0 aromatic heterocycles. The third kappa shape index (κ3) is 8.56. The highest BCUT2D eigenvalue weighted by Crippen LogP contribution is 2.57. The number of rotatable bonds is 12. The number of nitrogens with zero attached hydrogens (tertiary/aromatic N) is 4. The van der Waals surface area contributed by atoms with Gasteiger partial charge in [-0.15, -0.1) is 0 Å². The molecule has 1 unspecified atom stereocenters. The van der Waals surface area contributed by atoms with Crippen molar-refractivity contribution in [3.63, 3.8) is 0 Å². The largest absolute Gasteiger partial charge is 0.334 e. The number of hydrogen-bond acceptors (Lipinski definition) is 4. The predicted molar refractivity (Wildman–Crippen MR) is 358 cm³/mol. The van der Waals surface area contributed by atoms with Crippen molar-refractivity contribution < 1.29 is 0 Å². The van der Waals surface area contributed by atoms with Crippen molar-refractivity contribution >= 4 is 62.6 Å². The van der Waals surface area contributed by atoms with Gasteiger partial charge in [0.05, 0.1) is 6.04 Å². The maximum absolute atomic E-state index is 2.54. The van der Waals surface area contributed by atoms with E-state index in [1.807, 2.05) is 0 Å². The molecule has 0 saturated carbocycles. The van der Waals surface area contributed by atoms with Gasteiger partial charge < -0.3 is 19.6 Å². The molecule has 15 rings (SSSR count). The van der Waals surface area contributed by atoms with Crippen molar-refractivity contribution in [1.82, 2.24) is 0 Å². The van der Waals surface area contributed by atoms with Crippen LogP contribution in [0, 0.1) is 0 Å². The minimum absolute atomic E-state index is 0.216. The number of hydrogen-bond donors (Lipinski definition) is 0. The summed E-state index contributed by atoms with van der Waals surface area (Å²) in [5.74, 6) is 0. The van der Waals surface area contributed by atoms with Crippen LogP contribution >= 0.6 is 0 Å². The van der Waals surface area contributed by atoms with Crippen LogP contribution in [0.1, 0.15) is 81.3 Å². The monoisotopic (exact) mass is 1100 g/mol. The van der Waals surface area contributed by atoms with Gasteiger partial charge >= 0.3 is 0 Å². The summed E-state index contributed by atoms with van der Waals surface area (Å²) < 4.78 is 0. The quantitative estimate of drug-likeness (QED) is 0.121. The Hall–Kier alpha value is -9.90. The van der Waals surface area contributed by atoms with Crippen molar-refractivity contribution in [1.29, 1.82) is 0 Å². The van der Waals surface area contributed by atoms with E-state index in [4.69, 9.17) is 0 Å². The molecule has 4 heteroatoms. The van der Waals surface area contributed by atoms with E-state index in [2.05, 4.69) is 346 Å². The van der Waals surface area contributed by atoms with E-state index in [0.29, 0.717) is 0 Å². The maximum Gasteiger partial charge on any atom is 0.0559 e.